The van der Waals surface area contributed by atoms with E-state index in [2.05, 4.69) is 0 Å². The number of carbonyl (C=O) groups excluding carboxylic acids is 2. The molecule has 3 unspecified atom stereocenters. The Morgan fingerprint density at radius 3 is 2.83 bits per heavy atom. The molecule has 1 aromatic rings. The molecule has 2 aliphatic rings. The van der Waals surface area contributed by atoms with Crippen molar-refractivity contribution in [2.24, 2.45) is 0 Å². The van der Waals surface area contributed by atoms with Crippen molar-refractivity contribution < 1.29 is 24.2 Å². The van der Waals surface area contributed by atoms with Crippen LogP contribution in [0.2, 0.25) is 0 Å². The van der Waals surface area contributed by atoms with E-state index < -0.39 is 5.97 Å². The van der Waals surface area contributed by atoms with Gasteiger partial charge in [0.1, 0.15) is 11.9 Å². The largest absolute Gasteiger partial charge is 0.508 e. The van der Waals surface area contributed by atoms with Gasteiger partial charge in [-0.3, -0.25) is 4.79 Å². The van der Waals surface area contributed by atoms with E-state index >= 15 is 0 Å². The van der Waals surface area contributed by atoms with Crippen LogP contribution in [-0.2, 0) is 20.7 Å². The van der Waals surface area contributed by atoms with Gasteiger partial charge in [0.2, 0.25) is 0 Å². The highest BCUT2D eigenvalue weighted by Crippen LogP contribution is 2.32. The third kappa shape index (κ3) is 3.76. The Kier molecular flexibility index (Phi) is 4.57. The standard InChI is InChI=1S/C18H21NO5/c1-10-6-16-15(24-16)5-3-2-4-12(20)7-11-8-13(21)9-14(19)17(11)18(22)23-10/h2,4,8-10,15-16,21H,3,5-7,19H2,1H3/b4-2+. The lowest BCUT2D eigenvalue weighted by molar-refractivity contribution is -0.114. The normalized spacial score (nSPS) is 29.0. The number of epoxide rings is 1. The first-order chi connectivity index (χ1) is 11.4. The summed E-state index contributed by atoms with van der Waals surface area (Å²) in [5.74, 6) is -0.826. The van der Waals surface area contributed by atoms with Crippen molar-refractivity contribution in [2.45, 2.75) is 50.9 Å². The molecule has 0 aliphatic carbocycles. The highest BCUT2D eigenvalue weighted by atomic mass is 16.6. The number of ether oxygens (including phenoxy) is 2. The Bertz CT molecular complexity index is 697. The van der Waals surface area contributed by atoms with Crippen molar-refractivity contribution in [2.75, 3.05) is 5.73 Å². The second-order valence-electron chi connectivity index (χ2n) is 6.36. The number of carbonyl (C=O) groups is 2. The zero-order valence-corrected chi connectivity index (χ0v) is 13.5. The van der Waals surface area contributed by atoms with Crippen LogP contribution in [0.4, 0.5) is 5.69 Å². The summed E-state index contributed by atoms with van der Waals surface area (Å²) in [5, 5.41) is 9.73. The maximum Gasteiger partial charge on any atom is 0.340 e. The molecule has 1 saturated heterocycles. The van der Waals surface area contributed by atoms with Crippen LogP contribution in [0.25, 0.3) is 0 Å². The molecular formula is C18H21NO5. The number of aromatic hydroxyl groups is 1. The quantitative estimate of drug-likeness (QED) is 0.429. The fourth-order valence-electron chi connectivity index (χ4n) is 3.08. The molecule has 1 aromatic carbocycles. The minimum atomic E-state index is -0.582. The minimum absolute atomic E-state index is 0.0174. The number of ketones is 1. The first kappa shape index (κ1) is 16.5. The van der Waals surface area contributed by atoms with Gasteiger partial charge in [0.05, 0.1) is 23.5 Å². The average Bonchev–Trinajstić information content (AvgIpc) is 3.19. The summed E-state index contributed by atoms with van der Waals surface area (Å²) in [7, 11) is 0. The molecule has 0 spiro atoms. The van der Waals surface area contributed by atoms with Gasteiger partial charge in [-0.25, -0.2) is 4.79 Å². The number of phenols is 1. The number of fused-ring (bicyclic) bond motifs is 2. The second kappa shape index (κ2) is 6.65. The van der Waals surface area contributed by atoms with Crippen LogP contribution in [-0.4, -0.2) is 35.2 Å². The lowest BCUT2D eigenvalue weighted by Crippen LogP contribution is -2.20. The van der Waals surface area contributed by atoms with Crippen LogP contribution in [0.1, 0.15) is 42.1 Å². The topological polar surface area (TPSA) is 102 Å². The van der Waals surface area contributed by atoms with Gasteiger partial charge >= 0.3 is 5.97 Å². The molecule has 6 heteroatoms. The molecule has 128 valence electrons. The third-order valence-electron chi connectivity index (χ3n) is 4.29. The van der Waals surface area contributed by atoms with E-state index in [1.165, 1.54) is 18.2 Å². The van der Waals surface area contributed by atoms with E-state index in [9.17, 15) is 14.7 Å². The zero-order chi connectivity index (χ0) is 17.3. The molecule has 3 rings (SSSR count). The van der Waals surface area contributed by atoms with Crippen molar-refractivity contribution in [3.63, 3.8) is 0 Å². The number of cyclic esters (lactones) is 1. The fraction of sp³-hybridized carbons (Fsp3) is 0.444. The van der Waals surface area contributed by atoms with Gasteiger partial charge in [0.15, 0.2) is 5.78 Å². The Hall–Kier alpha value is -2.34. The highest BCUT2D eigenvalue weighted by molar-refractivity contribution is 6.00. The molecule has 0 aromatic heterocycles. The minimum Gasteiger partial charge on any atom is -0.508 e. The molecule has 3 N–H and O–H groups in total. The summed E-state index contributed by atoms with van der Waals surface area (Å²) in [4.78, 5) is 24.6. The number of allylic oxidation sites excluding steroid dienone is 2. The van der Waals surface area contributed by atoms with Gasteiger partial charge in [-0.1, -0.05) is 6.08 Å². The van der Waals surface area contributed by atoms with E-state index in [0.29, 0.717) is 12.0 Å². The van der Waals surface area contributed by atoms with Crippen LogP contribution >= 0.6 is 0 Å². The van der Waals surface area contributed by atoms with Crippen LogP contribution in [0.3, 0.4) is 0 Å². The van der Waals surface area contributed by atoms with Gasteiger partial charge in [-0.05, 0) is 37.5 Å². The number of anilines is 1. The molecule has 24 heavy (non-hydrogen) atoms. The summed E-state index contributed by atoms with van der Waals surface area (Å²) in [5.41, 5.74) is 6.50. The van der Waals surface area contributed by atoms with Crippen molar-refractivity contribution in [3.05, 3.63) is 35.4 Å². The summed E-state index contributed by atoms with van der Waals surface area (Å²) in [6.45, 7) is 1.81. The van der Waals surface area contributed by atoms with E-state index in [4.69, 9.17) is 15.2 Å². The molecule has 0 radical (unpaired) electrons. The molecule has 0 bridgehead atoms. The lowest BCUT2D eigenvalue weighted by Gasteiger charge is -2.16. The van der Waals surface area contributed by atoms with E-state index in [0.717, 1.165) is 12.8 Å². The lowest BCUT2D eigenvalue weighted by atomic mass is 9.99. The molecule has 0 amide bonds. The van der Waals surface area contributed by atoms with E-state index in [-0.39, 0.29) is 47.5 Å². The first-order valence-electron chi connectivity index (χ1n) is 8.11. The maximum absolute atomic E-state index is 12.5. The van der Waals surface area contributed by atoms with E-state index in [1.807, 2.05) is 13.0 Å². The van der Waals surface area contributed by atoms with Crippen molar-refractivity contribution >= 4 is 17.4 Å². The summed E-state index contributed by atoms with van der Waals surface area (Å²) in [6, 6.07) is 2.67. The number of nitrogens with two attached hydrogens (primary N) is 1. The molecule has 3 atom stereocenters. The Morgan fingerprint density at radius 1 is 1.25 bits per heavy atom. The van der Waals surface area contributed by atoms with Crippen LogP contribution in [0, 0.1) is 0 Å². The molecule has 6 nitrogen and oxygen atoms in total. The van der Waals surface area contributed by atoms with Crippen LogP contribution in [0.15, 0.2) is 24.3 Å². The monoisotopic (exact) mass is 331 g/mol. The van der Waals surface area contributed by atoms with Crippen LogP contribution in [0.5, 0.6) is 5.75 Å². The fourth-order valence-corrected chi connectivity index (χ4v) is 3.08. The van der Waals surface area contributed by atoms with E-state index in [1.54, 1.807) is 0 Å². The summed E-state index contributed by atoms with van der Waals surface area (Å²) < 4.78 is 11.0. The number of nitrogen functional groups attached to an aromatic ring is 1. The number of hydrogen-bond donors (Lipinski definition) is 2. The zero-order valence-electron chi connectivity index (χ0n) is 13.5. The van der Waals surface area contributed by atoms with Crippen LogP contribution < -0.4 is 5.73 Å². The third-order valence-corrected chi connectivity index (χ3v) is 4.29. The van der Waals surface area contributed by atoms with Gasteiger partial charge in [-0.2, -0.15) is 0 Å². The Morgan fingerprint density at radius 2 is 2.04 bits per heavy atom. The molecule has 0 saturated carbocycles. The Balaban J connectivity index is 1.92. The predicted octanol–water partition coefficient (Wildman–Crippen LogP) is 2.14. The number of rotatable bonds is 0. The van der Waals surface area contributed by atoms with Gasteiger partial charge < -0.3 is 20.3 Å². The molecule has 1 fully saturated rings. The number of phenolic OH excluding ortho intramolecular Hbond substituents is 1. The Labute approximate surface area is 140 Å². The second-order valence-corrected chi connectivity index (χ2v) is 6.36. The van der Waals surface area contributed by atoms with Crippen molar-refractivity contribution in [1.82, 2.24) is 0 Å². The SMILES string of the molecule is CC1CC2OC2CC/C=C/C(=O)Cc2cc(O)cc(N)c2C(=O)O1. The smallest absolute Gasteiger partial charge is 0.340 e. The number of esters is 1. The molecular weight excluding hydrogens is 310 g/mol. The van der Waals surface area contributed by atoms with Gasteiger partial charge in [-0.15, -0.1) is 0 Å². The highest BCUT2D eigenvalue weighted by Gasteiger charge is 2.39. The maximum atomic E-state index is 12.5. The summed E-state index contributed by atoms with van der Waals surface area (Å²) in [6.07, 6.45) is 5.49. The number of benzene rings is 1. The average molecular weight is 331 g/mol. The number of hydrogen-bond acceptors (Lipinski definition) is 6. The van der Waals surface area contributed by atoms with Crippen molar-refractivity contribution in [1.29, 1.82) is 0 Å². The van der Waals surface area contributed by atoms with Crippen molar-refractivity contribution in [3.8, 4) is 5.75 Å². The molecule has 2 aliphatic heterocycles. The van der Waals surface area contributed by atoms with Gasteiger partial charge in [0, 0.05) is 18.9 Å². The first-order valence-corrected chi connectivity index (χ1v) is 8.11. The van der Waals surface area contributed by atoms with Gasteiger partial charge in [0.25, 0.3) is 0 Å². The predicted molar refractivity (Wildman–Crippen MR) is 87.8 cm³/mol. The summed E-state index contributed by atoms with van der Waals surface area (Å²) >= 11 is 0. The molecule has 2 heterocycles.